The molecule has 17 heteroatoms. The molecule has 1 aromatic carbocycles. The van der Waals surface area contributed by atoms with E-state index in [1.54, 1.807) is 26.0 Å². The van der Waals surface area contributed by atoms with Crippen molar-refractivity contribution in [3.63, 3.8) is 0 Å². The number of anilines is 3. The van der Waals surface area contributed by atoms with Gasteiger partial charge >= 0.3 is 24.4 Å². The number of fused-ring (bicyclic) bond motifs is 1. The molecule has 4 heterocycles. The van der Waals surface area contributed by atoms with Gasteiger partial charge in [-0.25, -0.2) is 19.7 Å². The zero-order valence-corrected chi connectivity index (χ0v) is 29.1. The predicted molar refractivity (Wildman–Crippen MR) is 178 cm³/mol. The van der Waals surface area contributed by atoms with Crippen molar-refractivity contribution in [3.8, 4) is 5.88 Å². The summed E-state index contributed by atoms with van der Waals surface area (Å²) in [6.45, 7) is 6.42. The zero-order chi connectivity index (χ0) is 37.8. The number of piperidine rings is 1. The minimum absolute atomic E-state index is 0.0446. The highest BCUT2D eigenvalue weighted by Gasteiger charge is 2.39. The van der Waals surface area contributed by atoms with Crippen molar-refractivity contribution in [2.24, 2.45) is 5.92 Å². The van der Waals surface area contributed by atoms with E-state index >= 15 is 0 Å². The number of rotatable bonds is 10. The number of methoxy groups -OCH3 is 1. The van der Waals surface area contributed by atoms with E-state index in [9.17, 15) is 35.9 Å². The van der Waals surface area contributed by atoms with Crippen LogP contribution in [-0.2, 0) is 33.0 Å². The van der Waals surface area contributed by atoms with E-state index in [-0.39, 0.29) is 66.7 Å². The number of amides is 1. The Morgan fingerprint density at radius 3 is 2.13 bits per heavy atom. The molecule has 0 unspecified atom stereocenters. The Morgan fingerprint density at radius 2 is 1.56 bits per heavy atom. The molecule has 2 atom stereocenters. The van der Waals surface area contributed by atoms with Gasteiger partial charge in [-0.2, -0.15) is 26.3 Å². The van der Waals surface area contributed by atoms with Gasteiger partial charge in [-0.05, 0) is 69.4 Å². The van der Waals surface area contributed by atoms with Crippen molar-refractivity contribution in [1.29, 1.82) is 0 Å². The van der Waals surface area contributed by atoms with E-state index in [0.29, 0.717) is 68.0 Å². The average molecular weight is 739 g/mol. The lowest BCUT2D eigenvalue weighted by atomic mass is 9.93. The molecule has 11 nitrogen and oxygen atoms in total. The number of halogens is 6. The number of pyridine rings is 1. The van der Waals surface area contributed by atoms with Crippen LogP contribution in [0.1, 0.15) is 80.6 Å². The molecule has 282 valence electrons. The van der Waals surface area contributed by atoms with Gasteiger partial charge in [-0.3, -0.25) is 9.69 Å². The predicted octanol–water partition coefficient (Wildman–Crippen LogP) is 7.59. The lowest BCUT2D eigenvalue weighted by Crippen LogP contribution is -2.46. The van der Waals surface area contributed by atoms with Crippen molar-refractivity contribution in [3.05, 3.63) is 64.6 Å². The number of aromatic nitrogens is 3. The molecule has 0 saturated carbocycles. The van der Waals surface area contributed by atoms with E-state index in [4.69, 9.17) is 14.2 Å². The highest BCUT2D eigenvalue weighted by atomic mass is 19.4. The summed E-state index contributed by atoms with van der Waals surface area (Å²) in [5, 5.41) is 3.25. The molecule has 0 aliphatic carbocycles. The fourth-order valence-corrected chi connectivity index (χ4v) is 6.59. The van der Waals surface area contributed by atoms with Gasteiger partial charge in [-0.1, -0.05) is 6.92 Å². The van der Waals surface area contributed by atoms with Gasteiger partial charge in [0.15, 0.2) is 0 Å². The summed E-state index contributed by atoms with van der Waals surface area (Å²) < 4.78 is 98.6. The third-order valence-corrected chi connectivity index (χ3v) is 9.11. The molecule has 2 aliphatic heterocycles. The minimum Gasteiger partial charge on any atom is -0.481 e. The Balaban J connectivity index is 1.55. The standard InChI is InChI=1S/C35H40F6N6O5/c1-5-24-18-26(30-27(8-9-29(45-30)50-4)47(24)33(49)52-7-3)44-32-42-19-28(46-12-10-21(11-13-46)31(48)51-6-2)25(43-32)16-20-14-22(34(36,37)38)17-23(15-20)35(39,40)41/h8-9,14-15,17,19,21,24,26H,5-7,10-13,16,18H2,1-4H3,(H,42,43,44)/t24-,26+/m1/s1. The number of nitrogens with one attached hydrogen (secondary N) is 1. The second-order valence-corrected chi connectivity index (χ2v) is 12.5. The second kappa shape index (κ2) is 15.8. The molecular formula is C35H40F6N6O5. The van der Waals surface area contributed by atoms with Crippen LogP contribution in [0.2, 0.25) is 0 Å². The van der Waals surface area contributed by atoms with Crippen LogP contribution in [0.15, 0.2) is 36.5 Å². The molecule has 52 heavy (non-hydrogen) atoms. The molecule has 1 N–H and O–H groups in total. The van der Waals surface area contributed by atoms with Gasteiger partial charge in [0.2, 0.25) is 11.8 Å². The zero-order valence-electron chi connectivity index (χ0n) is 29.1. The minimum atomic E-state index is -5.03. The molecular weight excluding hydrogens is 698 g/mol. The van der Waals surface area contributed by atoms with Crippen LogP contribution < -0.4 is 19.9 Å². The molecule has 1 amide bonds. The van der Waals surface area contributed by atoms with Crippen molar-refractivity contribution in [2.45, 2.75) is 77.3 Å². The summed E-state index contributed by atoms with van der Waals surface area (Å²) in [4.78, 5) is 42.6. The maximum Gasteiger partial charge on any atom is 0.416 e. The number of benzene rings is 1. The van der Waals surface area contributed by atoms with E-state index in [1.165, 1.54) is 18.2 Å². The number of ether oxygens (including phenoxy) is 3. The topological polar surface area (TPSA) is 119 Å². The van der Waals surface area contributed by atoms with Crippen molar-refractivity contribution in [2.75, 3.05) is 48.5 Å². The average Bonchev–Trinajstić information content (AvgIpc) is 3.10. The number of hydrogen-bond donors (Lipinski definition) is 1. The quantitative estimate of drug-likeness (QED) is 0.165. The van der Waals surface area contributed by atoms with E-state index in [1.807, 2.05) is 11.8 Å². The van der Waals surface area contributed by atoms with E-state index < -0.39 is 35.6 Å². The molecule has 1 fully saturated rings. The summed E-state index contributed by atoms with van der Waals surface area (Å²) in [5.74, 6) is -0.358. The van der Waals surface area contributed by atoms with Crippen LogP contribution in [0, 0.1) is 5.92 Å². The fourth-order valence-electron chi connectivity index (χ4n) is 6.59. The van der Waals surface area contributed by atoms with Crippen LogP contribution in [0.5, 0.6) is 5.88 Å². The lowest BCUT2D eigenvalue weighted by Gasteiger charge is -2.39. The highest BCUT2D eigenvalue weighted by molar-refractivity contribution is 5.90. The summed E-state index contributed by atoms with van der Waals surface area (Å²) in [7, 11) is 1.44. The van der Waals surface area contributed by atoms with E-state index in [0.717, 1.165) is 0 Å². The van der Waals surface area contributed by atoms with Gasteiger partial charge in [0.05, 0.1) is 72.4 Å². The lowest BCUT2D eigenvalue weighted by molar-refractivity contribution is -0.148. The maximum absolute atomic E-state index is 13.8. The van der Waals surface area contributed by atoms with Gasteiger partial charge in [-0.15, -0.1) is 0 Å². The summed E-state index contributed by atoms with van der Waals surface area (Å²) >= 11 is 0. The van der Waals surface area contributed by atoms with Gasteiger partial charge in [0, 0.05) is 31.6 Å². The number of alkyl halides is 6. The Hall–Kier alpha value is -4.83. The van der Waals surface area contributed by atoms with Gasteiger partial charge < -0.3 is 24.4 Å². The summed E-state index contributed by atoms with van der Waals surface area (Å²) in [6.07, 6.45) is -7.79. The Kier molecular flexibility index (Phi) is 11.7. The van der Waals surface area contributed by atoms with Gasteiger partial charge in [0.25, 0.3) is 0 Å². The fraction of sp³-hybridized carbons (Fsp3) is 0.514. The van der Waals surface area contributed by atoms with Crippen LogP contribution >= 0.6 is 0 Å². The third kappa shape index (κ3) is 8.61. The monoisotopic (exact) mass is 738 g/mol. The van der Waals surface area contributed by atoms with Crippen molar-refractivity contribution in [1.82, 2.24) is 15.0 Å². The number of hydrogen-bond acceptors (Lipinski definition) is 10. The molecule has 3 aromatic rings. The molecule has 2 aliphatic rings. The second-order valence-electron chi connectivity index (χ2n) is 12.5. The first-order valence-corrected chi connectivity index (χ1v) is 17.0. The van der Waals surface area contributed by atoms with Crippen molar-refractivity contribution >= 4 is 29.4 Å². The number of carbonyl (C=O) groups is 2. The first kappa shape index (κ1) is 38.4. The largest absolute Gasteiger partial charge is 0.481 e. The highest BCUT2D eigenvalue weighted by Crippen LogP contribution is 2.41. The van der Waals surface area contributed by atoms with Crippen LogP contribution in [0.4, 0.5) is 48.5 Å². The smallest absolute Gasteiger partial charge is 0.416 e. The Morgan fingerprint density at radius 1 is 0.904 bits per heavy atom. The third-order valence-electron chi connectivity index (χ3n) is 9.11. The maximum atomic E-state index is 13.8. The summed E-state index contributed by atoms with van der Waals surface area (Å²) in [6, 6.07) is 3.85. The SMILES string of the molecule is CCOC(=O)C1CCN(c2cnc(N[C@H]3C[C@@H](CC)N(C(=O)OCC)c4ccc(OC)nc43)nc2Cc2cc(C(F)(F)F)cc(C(F)(F)F)c2)CC1. The number of nitrogens with zero attached hydrogens (tertiary/aromatic N) is 5. The number of carbonyl (C=O) groups excluding carboxylic acids is 2. The molecule has 1 saturated heterocycles. The molecule has 5 rings (SSSR count). The number of esters is 1. The normalized spacial score (nSPS) is 18.1. The van der Waals surface area contributed by atoms with Crippen molar-refractivity contribution < 1.29 is 50.1 Å². The molecule has 0 radical (unpaired) electrons. The van der Waals surface area contributed by atoms with Crippen LogP contribution in [0.25, 0.3) is 0 Å². The Bertz CT molecular complexity index is 1720. The molecule has 0 bridgehead atoms. The molecule has 0 spiro atoms. The molecule has 2 aromatic heterocycles. The summed E-state index contributed by atoms with van der Waals surface area (Å²) in [5.41, 5.74) is -1.63. The van der Waals surface area contributed by atoms with Crippen LogP contribution in [0.3, 0.4) is 0 Å². The van der Waals surface area contributed by atoms with Crippen LogP contribution in [-0.4, -0.2) is 66.5 Å². The van der Waals surface area contributed by atoms with Gasteiger partial charge in [0.1, 0.15) is 0 Å². The Labute approximate surface area is 296 Å². The first-order chi connectivity index (χ1) is 24.7. The van der Waals surface area contributed by atoms with E-state index in [2.05, 4.69) is 20.3 Å². The first-order valence-electron chi connectivity index (χ1n) is 17.0.